The van der Waals surface area contributed by atoms with Gasteiger partial charge >= 0.3 is 0 Å². The fraction of sp³-hybridized carbons (Fsp3) is 0.444. The number of nitrogens with one attached hydrogen (secondary N) is 2. The topological polar surface area (TPSA) is 62.5 Å². The molecule has 132 valence electrons. The van der Waals surface area contributed by atoms with Crippen molar-refractivity contribution in [1.29, 1.82) is 0 Å². The van der Waals surface area contributed by atoms with Gasteiger partial charge in [-0.05, 0) is 30.9 Å². The lowest BCUT2D eigenvalue weighted by Gasteiger charge is -2.10. The van der Waals surface area contributed by atoms with Crippen LogP contribution < -0.4 is 10.6 Å². The third-order valence-electron chi connectivity index (χ3n) is 3.61. The van der Waals surface area contributed by atoms with Gasteiger partial charge in [-0.15, -0.1) is 24.0 Å². The van der Waals surface area contributed by atoms with Crippen LogP contribution in [-0.2, 0) is 13.1 Å². The maximum Gasteiger partial charge on any atom is 0.191 e. The van der Waals surface area contributed by atoms with Crippen LogP contribution in [0.25, 0.3) is 0 Å². The Morgan fingerprint density at radius 3 is 2.62 bits per heavy atom. The lowest BCUT2D eigenvalue weighted by atomic mass is 10.1. The summed E-state index contributed by atoms with van der Waals surface area (Å²) in [6, 6.07) is 10.3. The molecule has 0 saturated carbocycles. The van der Waals surface area contributed by atoms with Gasteiger partial charge in [-0.2, -0.15) is 0 Å². The minimum Gasteiger partial charge on any atom is -0.359 e. The molecule has 0 aliphatic carbocycles. The first-order chi connectivity index (χ1) is 11.1. The van der Waals surface area contributed by atoms with Crippen LogP contribution in [0.1, 0.15) is 49.3 Å². The molecule has 2 aromatic rings. The smallest absolute Gasteiger partial charge is 0.191 e. The Kier molecular flexibility index (Phi) is 8.81. The number of benzene rings is 1. The Labute approximate surface area is 161 Å². The Balaban J connectivity index is 0.00000288. The average Bonchev–Trinajstić information content (AvgIpc) is 3.00. The van der Waals surface area contributed by atoms with Crippen molar-refractivity contribution in [1.82, 2.24) is 15.8 Å². The first-order valence-corrected chi connectivity index (χ1v) is 8.12. The predicted octanol–water partition coefficient (Wildman–Crippen LogP) is 3.98. The SMILES string of the molecule is CCNC(=NCc1ccccc1C)NCc1cc(C(C)C)no1.I. The number of halogens is 1. The molecule has 24 heavy (non-hydrogen) atoms. The maximum atomic E-state index is 5.34. The summed E-state index contributed by atoms with van der Waals surface area (Å²) in [5.41, 5.74) is 3.46. The molecule has 0 saturated heterocycles. The molecule has 0 aliphatic rings. The third-order valence-corrected chi connectivity index (χ3v) is 3.61. The van der Waals surface area contributed by atoms with Crippen molar-refractivity contribution in [2.75, 3.05) is 6.54 Å². The van der Waals surface area contributed by atoms with E-state index in [9.17, 15) is 0 Å². The third kappa shape index (κ3) is 6.14. The van der Waals surface area contributed by atoms with E-state index in [1.807, 2.05) is 18.2 Å². The molecule has 0 atom stereocenters. The number of aryl methyl sites for hydroxylation is 1. The summed E-state index contributed by atoms with van der Waals surface area (Å²) in [5.74, 6) is 1.96. The highest BCUT2D eigenvalue weighted by molar-refractivity contribution is 14.0. The largest absolute Gasteiger partial charge is 0.359 e. The van der Waals surface area contributed by atoms with Crippen molar-refractivity contribution in [2.45, 2.75) is 46.7 Å². The van der Waals surface area contributed by atoms with Crippen molar-refractivity contribution in [3.63, 3.8) is 0 Å². The fourth-order valence-corrected chi connectivity index (χ4v) is 2.15. The standard InChI is InChI=1S/C18H26N4O.HI/c1-5-19-18(20-11-15-9-7-6-8-14(15)4)21-12-16-10-17(13(2)3)22-23-16;/h6-10,13H,5,11-12H2,1-4H3,(H2,19,20,21);1H. The summed E-state index contributed by atoms with van der Waals surface area (Å²) in [6.45, 7) is 10.4. The number of aromatic nitrogens is 1. The van der Waals surface area contributed by atoms with Crippen LogP contribution in [0.3, 0.4) is 0 Å². The summed E-state index contributed by atoms with van der Waals surface area (Å²) >= 11 is 0. The summed E-state index contributed by atoms with van der Waals surface area (Å²) < 4.78 is 5.34. The first kappa shape index (κ1) is 20.5. The average molecular weight is 442 g/mol. The van der Waals surface area contributed by atoms with Gasteiger partial charge < -0.3 is 15.2 Å². The predicted molar refractivity (Wildman–Crippen MR) is 109 cm³/mol. The van der Waals surface area contributed by atoms with E-state index in [-0.39, 0.29) is 24.0 Å². The molecule has 2 N–H and O–H groups in total. The molecule has 6 heteroatoms. The summed E-state index contributed by atoms with van der Waals surface area (Å²) in [4.78, 5) is 4.63. The van der Waals surface area contributed by atoms with Gasteiger partial charge in [-0.25, -0.2) is 4.99 Å². The first-order valence-electron chi connectivity index (χ1n) is 8.12. The van der Waals surface area contributed by atoms with E-state index >= 15 is 0 Å². The van der Waals surface area contributed by atoms with Gasteiger partial charge in [-0.3, -0.25) is 0 Å². The molecule has 1 heterocycles. The second kappa shape index (κ2) is 10.3. The van der Waals surface area contributed by atoms with Crippen LogP contribution >= 0.6 is 24.0 Å². The molecule has 0 amide bonds. The quantitative estimate of drug-likeness (QED) is 0.404. The van der Waals surface area contributed by atoms with Crippen LogP contribution in [0.4, 0.5) is 0 Å². The Bertz CT molecular complexity index is 652. The van der Waals surface area contributed by atoms with Crippen LogP contribution in [0.2, 0.25) is 0 Å². The number of hydrogen-bond donors (Lipinski definition) is 2. The number of nitrogens with zero attached hydrogens (tertiary/aromatic N) is 2. The molecule has 0 bridgehead atoms. The van der Waals surface area contributed by atoms with Crippen molar-refractivity contribution in [3.05, 3.63) is 52.9 Å². The van der Waals surface area contributed by atoms with E-state index in [4.69, 9.17) is 4.52 Å². The van der Waals surface area contributed by atoms with Gasteiger partial charge in [0.1, 0.15) is 0 Å². The van der Waals surface area contributed by atoms with Gasteiger partial charge in [0, 0.05) is 12.6 Å². The van der Waals surface area contributed by atoms with E-state index in [2.05, 4.69) is 60.6 Å². The summed E-state index contributed by atoms with van der Waals surface area (Å²) in [5, 5.41) is 10.6. The highest BCUT2D eigenvalue weighted by Crippen LogP contribution is 2.13. The number of guanidine groups is 1. The highest BCUT2D eigenvalue weighted by Gasteiger charge is 2.08. The van der Waals surface area contributed by atoms with Crippen LogP contribution in [-0.4, -0.2) is 17.7 Å². The Morgan fingerprint density at radius 2 is 2.00 bits per heavy atom. The molecule has 0 aliphatic heterocycles. The molecule has 0 unspecified atom stereocenters. The molecular weight excluding hydrogens is 415 g/mol. The van der Waals surface area contributed by atoms with Crippen molar-refractivity contribution >= 4 is 29.9 Å². The Morgan fingerprint density at radius 1 is 1.25 bits per heavy atom. The number of rotatable bonds is 6. The van der Waals surface area contributed by atoms with Gasteiger partial charge in [0.25, 0.3) is 0 Å². The molecule has 2 rings (SSSR count). The van der Waals surface area contributed by atoms with Crippen LogP contribution in [0.5, 0.6) is 0 Å². The van der Waals surface area contributed by atoms with Crippen molar-refractivity contribution < 1.29 is 4.52 Å². The molecule has 0 radical (unpaired) electrons. The second-order valence-corrected chi connectivity index (χ2v) is 5.85. The van der Waals surface area contributed by atoms with Crippen LogP contribution in [0.15, 0.2) is 39.8 Å². The van der Waals surface area contributed by atoms with E-state index < -0.39 is 0 Å². The molecule has 0 fully saturated rings. The van der Waals surface area contributed by atoms with E-state index in [1.165, 1.54) is 11.1 Å². The fourth-order valence-electron chi connectivity index (χ4n) is 2.15. The van der Waals surface area contributed by atoms with E-state index in [0.29, 0.717) is 19.0 Å². The van der Waals surface area contributed by atoms with Gasteiger partial charge in [0.2, 0.25) is 0 Å². The normalized spacial score (nSPS) is 11.3. The molecule has 0 spiro atoms. The second-order valence-electron chi connectivity index (χ2n) is 5.85. The van der Waals surface area contributed by atoms with E-state index in [0.717, 1.165) is 24.0 Å². The van der Waals surface area contributed by atoms with Gasteiger partial charge in [-0.1, -0.05) is 43.3 Å². The zero-order chi connectivity index (χ0) is 16.7. The van der Waals surface area contributed by atoms with Crippen molar-refractivity contribution in [3.8, 4) is 0 Å². The van der Waals surface area contributed by atoms with E-state index in [1.54, 1.807) is 0 Å². The lowest BCUT2D eigenvalue weighted by Crippen LogP contribution is -2.36. The zero-order valence-corrected chi connectivity index (χ0v) is 17.1. The highest BCUT2D eigenvalue weighted by atomic mass is 127. The van der Waals surface area contributed by atoms with Gasteiger partial charge in [0.05, 0.1) is 18.8 Å². The molecular formula is C18H27IN4O. The van der Waals surface area contributed by atoms with Crippen molar-refractivity contribution in [2.24, 2.45) is 4.99 Å². The molecule has 1 aromatic heterocycles. The minimum absolute atomic E-state index is 0. The number of hydrogen-bond acceptors (Lipinski definition) is 3. The zero-order valence-electron chi connectivity index (χ0n) is 14.8. The summed E-state index contributed by atoms with van der Waals surface area (Å²) in [7, 11) is 0. The van der Waals surface area contributed by atoms with Gasteiger partial charge in [0.15, 0.2) is 11.7 Å². The minimum atomic E-state index is 0. The van der Waals surface area contributed by atoms with Crippen LogP contribution in [0, 0.1) is 6.92 Å². The summed E-state index contributed by atoms with van der Waals surface area (Å²) in [6.07, 6.45) is 0. The molecule has 1 aromatic carbocycles. The molecule has 5 nitrogen and oxygen atoms in total. The maximum absolute atomic E-state index is 5.34. The lowest BCUT2D eigenvalue weighted by molar-refractivity contribution is 0.372. The Hall–Kier alpha value is -1.57. The monoisotopic (exact) mass is 442 g/mol. The number of aliphatic imine (C=N–C) groups is 1.